The number of carboxylic acid groups (broad SMARTS) is 1. The van der Waals surface area contributed by atoms with E-state index in [1.54, 1.807) is 0 Å². The second-order valence-electron chi connectivity index (χ2n) is 5.04. The zero-order valence-electron chi connectivity index (χ0n) is 12.4. The first-order valence-electron chi connectivity index (χ1n) is 6.84. The number of amides is 1. The maximum atomic E-state index is 12.2. The maximum absolute atomic E-state index is 12.2. The van der Waals surface area contributed by atoms with Gasteiger partial charge in [0.05, 0.1) is 17.1 Å². The topological polar surface area (TPSA) is 119 Å². The van der Waals surface area contributed by atoms with Crippen LogP contribution in [0.4, 0.5) is 5.69 Å². The lowest BCUT2D eigenvalue weighted by Gasteiger charge is -2.21. The van der Waals surface area contributed by atoms with Crippen LogP contribution in [-0.4, -0.2) is 59.2 Å². The number of carbonyl (C=O) groups excluding carboxylic acids is 1. The number of methoxy groups -OCH3 is 1. The standard InChI is InChI=1S/C14H16N2O7/c1-22-11-6-12(14(18)19)15(7-11)13(17)8-23-10-4-2-3-9(5-10)16(20)21/h2-5,11-12H,6-8H2,1H3,(H,18,19). The van der Waals surface area contributed by atoms with Gasteiger partial charge in [-0.1, -0.05) is 6.07 Å². The summed E-state index contributed by atoms with van der Waals surface area (Å²) in [4.78, 5) is 34.7. The fraction of sp³-hybridized carbons (Fsp3) is 0.429. The van der Waals surface area contributed by atoms with Gasteiger partial charge in [0.15, 0.2) is 6.61 Å². The van der Waals surface area contributed by atoms with Gasteiger partial charge < -0.3 is 19.5 Å². The van der Waals surface area contributed by atoms with E-state index < -0.39 is 29.4 Å². The van der Waals surface area contributed by atoms with Gasteiger partial charge in [0.1, 0.15) is 11.8 Å². The molecule has 0 spiro atoms. The second-order valence-corrected chi connectivity index (χ2v) is 5.04. The molecule has 1 fully saturated rings. The van der Waals surface area contributed by atoms with Crippen LogP contribution in [0.25, 0.3) is 0 Å². The molecule has 9 heteroatoms. The summed E-state index contributed by atoms with van der Waals surface area (Å²) in [5.41, 5.74) is -0.154. The van der Waals surface area contributed by atoms with E-state index in [4.69, 9.17) is 14.6 Å². The summed E-state index contributed by atoms with van der Waals surface area (Å²) < 4.78 is 10.3. The third-order valence-corrected chi connectivity index (χ3v) is 3.59. The number of rotatable bonds is 6. The highest BCUT2D eigenvalue weighted by atomic mass is 16.6. The summed E-state index contributed by atoms with van der Waals surface area (Å²) in [5, 5.41) is 19.8. The molecule has 1 aliphatic rings. The molecule has 2 atom stereocenters. The number of ether oxygens (including phenoxy) is 2. The van der Waals surface area contributed by atoms with Crippen molar-refractivity contribution in [3.05, 3.63) is 34.4 Å². The van der Waals surface area contributed by atoms with Gasteiger partial charge in [-0.05, 0) is 6.07 Å². The quantitative estimate of drug-likeness (QED) is 0.603. The van der Waals surface area contributed by atoms with E-state index in [9.17, 15) is 19.7 Å². The summed E-state index contributed by atoms with van der Waals surface area (Å²) >= 11 is 0. The van der Waals surface area contributed by atoms with Gasteiger partial charge in [0, 0.05) is 26.1 Å². The fourth-order valence-electron chi connectivity index (χ4n) is 2.39. The third kappa shape index (κ3) is 3.95. The average Bonchev–Trinajstić information content (AvgIpc) is 2.97. The molecule has 1 saturated heterocycles. The van der Waals surface area contributed by atoms with Crippen molar-refractivity contribution in [2.45, 2.75) is 18.6 Å². The first kappa shape index (κ1) is 16.7. The predicted octanol–water partition coefficient (Wildman–Crippen LogP) is 0.674. The Kier molecular flexibility index (Phi) is 5.12. The molecule has 1 heterocycles. The lowest BCUT2D eigenvalue weighted by molar-refractivity contribution is -0.384. The van der Waals surface area contributed by atoms with Crippen LogP contribution in [0.1, 0.15) is 6.42 Å². The number of likely N-dealkylation sites (tertiary alicyclic amines) is 1. The average molecular weight is 324 g/mol. The van der Waals surface area contributed by atoms with Crippen LogP contribution in [0.15, 0.2) is 24.3 Å². The number of nitrogens with zero attached hydrogens (tertiary/aromatic N) is 2. The Morgan fingerprint density at radius 3 is 2.83 bits per heavy atom. The number of nitro groups is 1. The molecule has 0 saturated carbocycles. The first-order chi connectivity index (χ1) is 10.9. The smallest absolute Gasteiger partial charge is 0.326 e. The summed E-state index contributed by atoms with van der Waals surface area (Å²) in [5.74, 6) is -1.45. The fourth-order valence-corrected chi connectivity index (χ4v) is 2.39. The number of hydrogen-bond donors (Lipinski definition) is 1. The first-order valence-corrected chi connectivity index (χ1v) is 6.84. The predicted molar refractivity (Wildman–Crippen MR) is 77.1 cm³/mol. The highest BCUT2D eigenvalue weighted by Crippen LogP contribution is 2.22. The van der Waals surface area contributed by atoms with Crippen LogP contribution in [0.2, 0.25) is 0 Å². The van der Waals surface area contributed by atoms with Crippen LogP contribution in [0.5, 0.6) is 5.75 Å². The summed E-state index contributed by atoms with van der Waals surface area (Å²) in [6, 6.07) is 4.47. The van der Waals surface area contributed by atoms with Crippen LogP contribution < -0.4 is 4.74 Å². The Morgan fingerprint density at radius 1 is 1.48 bits per heavy atom. The van der Waals surface area contributed by atoms with Gasteiger partial charge in [0.2, 0.25) is 0 Å². The van der Waals surface area contributed by atoms with Crippen molar-refractivity contribution in [2.75, 3.05) is 20.3 Å². The van der Waals surface area contributed by atoms with E-state index in [1.165, 1.54) is 36.3 Å². The minimum atomic E-state index is -1.10. The molecule has 1 aliphatic heterocycles. The lowest BCUT2D eigenvalue weighted by atomic mass is 10.2. The molecule has 1 aromatic rings. The van der Waals surface area contributed by atoms with E-state index in [0.717, 1.165) is 0 Å². The molecule has 2 unspecified atom stereocenters. The maximum Gasteiger partial charge on any atom is 0.326 e. The van der Waals surface area contributed by atoms with Crippen molar-refractivity contribution in [3.63, 3.8) is 0 Å². The van der Waals surface area contributed by atoms with Crippen molar-refractivity contribution in [2.24, 2.45) is 0 Å². The Balaban J connectivity index is 2.00. The molecule has 2 rings (SSSR count). The van der Waals surface area contributed by atoms with Crippen molar-refractivity contribution >= 4 is 17.6 Å². The van der Waals surface area contributed by atoms with Crippen LogP contribution >= 0.6 is 0 Å². The third-order valence-electron chi connectivity index (χ3n) is 3.59. The Bertz CT molecular complexity index is 619. The molecule has 23 heavy (non-hydrogen) atoms. The highest BCUT2D eigenvalue weighted by molar-refractivity contribution is 5.85. The van der Waals surface area contributed by atoms with Gasteiger partial charge in [-0.3, -0.25) is 14.9 Å². The SMILES string of the molecule is COC1CC(C(=O)O)N(C(=O)COc2cccc([N+](=O)[O-])c2)C1. The van der Waals surface area contributed by atoms with E-state index in [-0.39, 0.29) is 30.5 Å². The van der Waals surface area contributed by atoms with E-state index in [2.05, 4.69) is 0 Å². The molecule has 0 aliphatic carbocycles. The van der Waals surface area contributed by atoms with Gasteiger partial charge >= 0.3 is 5.97 Å². The van der Waals surface area contributed by atoms with Crippen LogP contribution in [0.3, 0.4) is 0 Å². The Morgan fingerprint density at radius 2 is 2.22 bits per heavy atom. The van der Waals surface area contributed by atoms with Gasteiger partial charge in [0.25, 0.3) is 11.6 Å². The van der Waals surface area contributed by atoms with E-state index in [0.29, 0.717) is 0 Å². The number of carbonyl (C=O) groups is 2. The monoisotopic (exact) mass is 324 g/mol. The van der Waals surface area contributed by atoms with E-state index in [1.807, 2.05) is 0 Å². The molecular formula is C14H16N2O7. The van der Waals surface area contributed by atoms with Gasteiger partial charge in [-0.2, -0.15) is 0 Å². The van der Waals surface area contributed by atoms with E-state index >= 15 is 0 Å². The van der Waals surface area contributed by atoms with Crippen molar-refractivity contribution < 1.29 is 29.1 Å². The number of nitro benzene ring substituents is 1. The van der Waals surface area contributed by atoms with Gasteiger partial charge in [-0.25, -0.2) is 4.79 Å². The Labute approximate surface area is 131 Å². The number of aliphatic carboxylic acids is 1. The van der Waals surface area contributed by atoms with Gasteiger partial charge in [-0.15, -0.1) is 0 Å². The van der Waals surface area contributed by atoms with Crippen LogP contribution in [-0.2, 0) is 14.3 Å². The molecule has 1 amide bonds. The molecule has 124 valence electrons. The molecular weight excluding hydrogens is 308 g/mol. The number of carboxylic acids is 1. The molecule has 9 nitrogen and oxygen atoms in total. The number of benzene rings is 1. The van der Waals surface area contributed by atoms with Crippen molar-refractivity contribution in [1.82, 2.24) is 4.90 Å². The summed E-state index contributed by atoms with van der Waals surface area (Å²) in [6.07, 6.45) is -0.119. The number of hydrogen-bond acceptors (Lipinski definition) is 6. The molecule has 1 aromatic carbocycles. The summed E-state index contributed by atoms with van der Waals surface area (Å²) in [6.45, 7) is -0.230. The zero-order chi connectivity index (χ0) is 17.0. The molecule has 0 radical (unpaired) electrons. The summed E-state index contributed by atoms with van der Waals surface area (Å²) in [7, 11) is 1.46. The lowest BCUT2D eigenvalue weighted by Crippen LogP contribution is -2.43. The molecule has 1 N–H and O–H groups in total. The Hall–Kier alpha value is -2.68. The van der Waals surface area contributed by atoms with Crippen LogP contribution in [0, 0.1) is 10.1 Å². The van der Waals surface area contributed by atoms with Crippen molar-refractivity contribution in [3.8, 4) is 5.75 Å². The minimum absolute atomic E-state index is 0.154. The molecule has 0 aromatic heterocycles. The number of non-ortho nitro benzene ring substituents is 1. The molecule has 0 bridgehead atoms. The second kappa shape index (κ2) is 7.05. The normalized spacial score (nSPS) is 20.3. The highest BCUT2D eigenvalue weighted by Gasteiger charge is 2.39. The van der Waals surface area contributed by atoms with Crippen molar-refractivity contribution in [1.29, 1.82) is 0 Å². The zero-order valence-corrected chi connectivity index (χ0v) is 12.4. The largest absolute Gasteiger partial charge is 0.484 e. The minimum Gasteiger partial charge on any atom is -0.484 e.